The number of carbonyl (C=O) groups is 2. The first kappa shape index (κ1) is 16.8. The molecule has 0 heterocycles. The van der Waals surface area contributed by atoms with Crippen molar-refractivity contribution in [2.24, 2.45) is 0 Å². The van der Waals surface area contributed by atoms with Crippen LogP contribution in [0, 0.1) is 0 Å². The average Bonchev–Trinajstić information content (AvgIpc) is 2.48. The lowest BCUT2D eigenvalue weighted by Crippen LogP contribution is -2.30. The number of rotatable bonds is 3. The summed E-state index contributed by atoms with van der Waals surface area (Å²) < 4.78 is 37.0. The Labute approximate surface area is 134 Å². The van der Waals surface area contributed by atoms with Crippen LogP contribution < -0.4 is 10.6 Å². The second kappa shape index (κ2) is 6.70. The molecule has 0 fully saturated rings. The monoisotopic (exact) mass is 342 g/mol. The van der Waals surface area contributed by atoms with Gasteiger partial charge in [0.15, 0.2) is 0 Å². The number of halogens is 4. The molecule has 0 atom stereocenters. The molecule has 0 bridgehead atoms. The number of para-hydroxylation sites is 2. The van der Waals surface area contributed by atoms with Crippen molar-refractivity contribution in [1.29, 1.82) is 0 Å². The summed E-state index contributed by atoms with van der Waals surface area (Å²) in [5.74, 6) is -2.73. The van der Waals surface area contributed by atoms with E-state index in [9.17, 15) is 22.8 Å². The van der Waals surface area contributed by atoms with Crippen LogP contribution in [0.5, 0.6) is 0 Å². The predicted octanol–water partition coefficient (Wildman–Crippen LogP) is 4.09. The van der Waals surface area contributed by atoms with E-state index in [2.05, 4.69) is 5.32 Å². The van der Waals surface area contributed by atoms with E-state index >= 15 is 0 Å². The number of amides is 2. The van der Waals surface area contributed by atoms with Crippen LogP contribution in [0.2, 0.25) is 5.02 Å². The molecular formula is C15H10ClF3N2O2. The van der Waals surface area contributed by atoms with Gasteiger partial charge in [0, 0.05) is 0 Å². The summed E-state index contributed by atoms with van der Waals surface area (Å²) >= 11 is 5.89. The van der Waals surface area contributed by atoms with Gasteiger partial charge in [0.2, 0.25) is 0 Å². The van der Waals surface area contributed by atoms with Crippen molar-refractivity contribution >= 4 is 34.8 Å². The molecule has 0 aliphatic heterocycles. The van der Waals surface area contributed by atoms with Crippen LogP contribution in [0.25, 0.3) is 0 Å². The molecule has 2 aromatic carbocycles. The highest BCUT2D eigenvalue weighted by Crippen LogP contribution is 2.25. The molecule has 2 N–H and O–H groups in total. The summed E-state index contributed by atoms with van der Waals surface area (Å²) in [5, 5.41) is 4.33. The highest BCUT2D eigenvalue weighted by molar-refractivity contribution is 6.34. The lowest BCUT2D eigenvalue weighted by molar-refractivity contribution is -0.167. The molecule has 0 aromatic heterocycles. The Morgan fingerprint density at radius 1 is 0.870 bits per heavy atom. The summed E-state index contributed by atoms with van der Waals surface area (Å²) in [7, 11) is 0. The maximum atomic E-state index is 12.3. The quantitative estimate of drug-likeness (QED) is 0.882. The minimum atomic E-state index is -5.03. The molecule has 2 rings (SSSR count). The fraction of sp³-hybridized carbons (Fsp3) is 0.0667. The van der Waals surface area contributed by atoms with Gasteiger partial charge in [0.1, 0.15) is 0 Å². The summed E-state index contributed by atoms with van der Waals surface area (Å²) in [6, 6.07) is 11.7. The van der Waals surface area contributed by atoms with Crippen LogP contribution in [0.3, 0.4) is 0 Å². The fourth-order valence-corrected chi connectivity index (χ4v) is 1.95. The second-order valence-electron chi connectivity index (χ2n) is 4.43. The van der Waals surface area contributed by atoms with Gasteiger partial charge in [-0.05, 0) is 24.3 Å². The molecule has 0 aliphatic carbocycles. The normalized spacial score (nSPS) is 11.0. The number of anilines is 2. The van der Waals surface area contributed by atoms with E-state index in [-0.39, 0.29) is 22.0 Å². The van der Waals surface area contributed by atoms with E-state index in [4.69, 9.17) is 11.6 Å². The van der Waals surface area contributed by atoms with Gasteiger partial charge in [0.05, 0.1) is 22.0 Å². The smallest absolute Gasteiger partial charge is 0.320 e. The van der Waals surface area contributed by atoms with Gasteiger partial charge in [-0.25, -0.2) is 0 Å². The van der Waals surface area contributed by atoms with Crippen LogP contribution in [-0.4, -0.2) is 18.0 Å². The molecule has 0 unspecified atom stereocenters. The van der Waals surface area contributed by atoms with Gasteiger partial charge in [-0.2, -0.15) is 13.2 Å². The summed E-state index contributed by atoms with van der Waals surface area (Å²) in [6.45, 7) is 0. The minimum absolute atomic E-state index is 0.0232. The number of carbonyl (C=O) groups excluding carboxylic acids is 2. The molecule has 0 saturated carbocycles. The number of hydrogen-bond acceptors (Lipinski definition) is 2. The third-order valence-electron chi connectivity index (χ3n) is 2.80. The van der Waals surface area contributed by atoms with Gasteiger partial charge in [-0.1, -0.05) is 35.9 Å². The lowest BCUT2D eigenvalue weighted by Gasteiger charge is -2.13. The molecule has 0 radical (unpaired) electrons. The highest BCUT2D eigenvalue weighted by atomic mass is 35.5. The van der Waals surface area contributed by atoms with Gasteiger partial charge in [0.25, 0.3) is 5.91 Å². The van der Waals surface area contributed by atoms with Crippen LogP contribution in [-0.2, 0) is 4.79 Å². The maximum Gasteiger partial charge on any atom is 0.471 e. The van der Waals surface area contributed by atoms with Crippen LogP contribution in [0.4, 0.5) is 24.5 Å². The molecule has 2 aromatic rings. The van der Waals surface area contributed by atoms with E-state index in [1.165, 1.54) is 36.4 Å². The van der Waals surface area contributed by atoms with E-state index in [1.807, 2.05) is 0 Å². The van der Waals surface area contributed by atoms with Gasteiger partial charge >= 0.3 is 12.1 Å². The van der Waals surface area contributed by atoms with E-state index < -0.39 is 18.0 Å². The van der Waals surface area contributed by atoms with Crippen molar-refractivity contribution in [2.45, 2.75) is 6.18 Å². The molecule has 8 heteroatoms. The zero-order valence-corrected chi connectivity index (χ0v) is 12.2. The van der Waals surface area contributed by atoms with E-state index in [1.54, 1.807) is 17.4 Å². The average molecular weight is 343 g/mol. The zero-order valence-electron chi connectivity index (χ0n) is 11.4. The molecular weight excluding hydrogens is 333 g/mol. The van der Waals surface area contributed by atoms with Crippen molar-refractivity contribution in [3.05, 3.63) is 59.1 Å². The summed E-state index contributed by atoms with van der Waals surface area (Å²) in [6.07, 6.45) is -5.03. The number of hydrogen-bond donors (Lipinski definition) is 2. The minimum Gasteiger partial charge on any atom is -0.320 e. The van der Waals surface area contributed by atoms with Gasteiger partial charge < -0.3 is 10.6 Å². The number of nitrogens with one attached hydrogen (secondary N) is 2. The Hall–Kier alpha value is -2.54. The van der Waals surface area contributed by atoms with Crippen molar-refractivity contribution in [3.8, 4) is 0 Å². The predicted molar refractivity (Wildman–Crippen MR) is 80.5 cm³/mol. The van der Waals surface area contributed by atoms with E-state index in [0.717, 1.165) is 0 Å². The third-order valence-corrected chi connectivity index (χ3v) is 3.13. The molecule has 120 valence electrons. The molecule has 0 spiro atoms. The van der Waals surface area contributed by atoms with Crippen molar-refractivity contribution < 1.29 is 22.8 Å². The lowest BCUT2D eigenvalue weighted by atomic mass is 10.2. The number of benzene rings is 2. The Bertz CT molecular complexity index is 747. The number of alkyl halides is 3. The van der Waals surface area contributed by atoms with Crippen LogP contribution in [0.15, 0.2) is 48.5 Å². The molecule has 4 nitrogen and oxygen atoms in total. The van der Waals surface area contributed by atoms with Crippen LogP contribution in [0.1, 0.15) is 10.4 Å². The topological polar surface area (TPSA) is 58.2 Å². The molecule has 23 heavy (non-hydrogen) atoms. The van der Waals surface area contributed by atoms with Gasteiger partial charge in [-0.3, -0.25) is 9.59 Å². The van der Waals surface area contributed by atoms with Crippen molar-refractivity contribution in [3.63, 3.8) is 0 Å². The fourth-order valence-electron chi connectivity index (χ4n) is 1.73. The Morgan fingerprint density at radius 2 is 1.39 bits per heavy atom. The van der Waals surface area contributed by atoms with Gasteiger partial charge in [-0.15, -0.1) is 0 Å². The standard InChI is InChI=1S/C15H10ClF3N2O2/c16-10-6-2-1-5-9(10)13(22)20-11-7-3-4-8-12(11)21-14(23)15(17,18)19/h1-8H,(H,20,22)(H,21,23). The SMILES string of the molecule is O=C(Nc1ccccc1NC(=O)C(F)(F)F)c1ccccc1Cl. The first-order valence-electron chi connectivity index (χ1n) is 6.32. The second-order valence-corrected chi connectivity index (χ2v) is 4.84. The largest absolute Gasteiger partial charge is 0.471 e. The van der Waals surface area contributed by atoms with E-state index in [0.29, 0.717) is 0 Å². The zero-order chi connectivity index (χ0) is 17.0. The first-order chi connectivity index (χ1) is 10.8. The Kier molecular flexibility index (Phi) is 4.90. The Balaban J connectivity index is 2.23. The van der Waals surface area contributed by atoms with Crippen molar-refractivity contribution in [2.75, 3.05) is 10.6 Å². The molecule has 2 amide bonds. The summed E-state index contributed by atoms with van der Waals surface area (Å²) in [4.78, 5) is 23.2. The van der Waals surface area contributed by atoms with Crippen LogP contribution >= 0.6 is 11.6 Å². The first-order valence-corrected chi connectivity index (χ1v) is 6.70. The molecule has 0 saturated heterocycles. The third kappa shape index (κ3) is 4.23. The Morgan fingerprint density at radius 3 is 1.96 bits per heavy atom. The molecule has 0 aliphatic rings. The summed E-state index contributed by atoms with van der Waals surface area (Å²) in [5.41, 5.74) is 0.0105. The van der Waals surface area contributed by atoms with Crippen molar-refractivity contribution in [1.82, 2.24) is 0 Å². The maximum absolute atomic E-state index is 12.3. The highest BCUT2D eigenvalue weighted by Gasteiger charge is 2.39.